The molecule has 94 valence electrons. The Bertz CT molecular complexity index is 377. The van der Waals surface area contributed by atoms with E-state index in [1.165, 1.54) is 12.7 Å². The van der Waals surface area contributed by atoms with Crippen molar-refractivity contribution >= 4 is 21.9 Å². The van der Waals surface area contributed by atoms with Gasteiger partial charge >= 0.3 is 5.97 Å². The Labute approximate surface area is 110 Å². The van der Waals surface area contributed by atoms with E-state index in [4.69, 9.17) is 4.74 Å². The number of unbranched alkanes of at least 4 members (excludes halogenated alkanes) is 1. The van der Waals surface area contributed by atoms with E-state index >= 15 is 0 Å². The molecule has 0 aliphatic carbocycles. The van der Waals surface area contributed by atoms with Crippen LogP contribution < -0.4 is 4.74 Å². The Kier molecular flexibility index (Phi) is 6.05. The predicted molar refractivity (Wildman–Crippen MR) is 70.3 cm³/mol. The molecule has 0 N–H and O–H groups in total. The van der Waals surface area contributed by atoms with Gasteiger partial charge in [0, 0.05) is 6.42 Å². The maximum atomic E-state index is 10.9. The number of esters is 1. The lowest BCUT2D eigenvalue weighted by atomic mass is 10.1. The third-order valence-corrected chi connectivity index (χ3v) is 3.47. The maximum Gasteiger partial charge on any atom is 0.305 e. The molecule has 0 unspecified atom stereocenters. The lowest BCUT2D eigenvalue weighted by Crippen LogP contribution is -2.00. The summed E-state index contributed by atoms with van der Waals surface area (Å²) in [5.74, 6) is 0.699. The normalized spacial score (nSPS) is 10.1. The van der Waals surface area contributed by atoms with Crippen LogP contribution in [-0.4, -0.2) is 20.2 Å². The van der Waals surface area contributed by atoms with E-state index < -0.39 is 0 Å². The molecule has 1 rings (SSSR count). The molecule has 0 bridgehead atoms. The summed E-state index contributed by atoms with van der Waals surface area (Å²) in [7, 11) is 3.07. The van der Waals surface area contributed by atoms with Gasteiger partial charge in [-0.15, -0.1) is 0 Å². The van der Waals surface area contributed by atoms with Gasteiger partial charge in [-0.05, 0) is 46.8 Å². The van der Waals surface area contributed by atoms with Crippen LogP contribution in [0.3, 0.4) is 0 Å². The van der Waals surface area contributed by atoms with Gasteiger partial charge in [0.15, 0.2) is 0 Å². The Morgan fingerprint density at radius 1 is 1.29 bits per heavy atom. The van der Waals surface area contributed by atoms with Gasteiger partial charge in [0.1, 0.15) is 5.75 Å². The summed E-state index contributed by atoms with van der Waals surface area (Å²) in [6.45, 7) is 0. The van der Waals surface area contributed by atoms with Crippen LogP contribution in [0.25, 0.3) is 0 Å². The summed E-state index contributed by atoms with van der Waals surface area (Å²) in [5.41, 5.74) is 1.20. The van der Waals surface area contributed by atoms with E-state index in [2.05, 4.69) is 26.7 Å². The van der Waals surface area contributed by atoms with Gasteiger partial charge in [0.25, 0.3) is 0 Å². The molecule has 0 aromatic heterocycles. The molecule has 0 spiro atoms. The Morgan fingerprint density at radius 2 is 2.06 bits per heavy atom. The van der Waals surface area contributed by atoms with Crippen LogP contribution in [0, 0.1) is 0 Å². The summed E-state index contributed by atoms with van der Waals surface area (Å²) < 4.78 is 10.8. The second-order valence-corrected chi connectivity index (χ2v) is 4.51. The van der Waals surface area contributed by atoms with Crippen molar-refractivity contribution in [3.05, 3.63) is 28.2 Å². The zero-order chi connectivity index (χ0) is 12.7. The molecule has 0 atom stereocenters. The fourth-order valence-corrected chi connectivity index (χ4v) is 2.22. The van der Waals surface area contributed by atoms with Gasteiger partial charge in [-0.1, -0.05) is 12.1 Å². The number of ether oxygens (including phenoxy) is 2. The summed E-state index contributed by atoms with van der Waals surface area (Å²) in [6.07, 6.45) is 3.21. The molecule has 0 radical (unpaired) electrons. The van der Waals surface area contributed by atoms with Crippen molar-refractivity contribution < 1.29 is 14.3 Å². The lowest BCUT2D eigenvalue weighted by molar-refractivity contribution is -0.140. The molecule has 0 saturated carbocycles. The van der Waals surface area contributed by atoms with Gasteiger partial charge in [0.2, 0.25) is 0 Å². The highest BCUT2D eigenvalue weighted by atomic mass is 79.9. The predicted octanol–water partition coefficient (Wildman–Crippen LogP) is 3.34. The molecule has 3 nitrogen and oxygen atoms in total. The number of halogens is 1. The van der Waals surface area contributed by atoms with Crippen LogP contribution in [0.2, 0.25) is 0 Å². The van der Waals surface area contributed by atoms with E-state index in [9.17, 15) is 4.79 Å². The second kappa shape index (κ2) is 7.33. The summed E-state index contributed by atoms with van der Waals surface area (Å²) in [6, 6.07) is 5.95. The van der Waals surface area contributed by atoms with Gasteiger partial charge in [0.05, 0.1) is 18.7 Å². The quantitative estimate of drug-likeness (QED) is 0.597. The minimum absolute atomic E-state index is 0.144. The number of rotatable bonds is 6. The number of benzene rings is 1. The average Bonchev–Trinajstić information content (AvgIpc) is 2.36. The Morgan fingerprint density at radius 3 is 2.71 bits per heavy atom. The third kappa shape index (κ3) is 4.38. The van der Waals surface area contributed by atoms with E-state index in [0.29, 0.717) is 6.42 Å². The first-order valence-electron chi connectivity index (χ1n) is 5.57. The molecule has 0 aliphatic heterocycles. The fourth-order valence-electron chi connectivity index (χ4n) is 1.59. The highest BCUT2D eigenvalue weighted by Gasteiger charge is 2.06. The average molecular weight is 301 g/mol. The number of carbonyl (C=O) groups excluding carboxylic acids is 1. The molecule has 1 aromatic carbocycles. The first-order valence-corrected chi connectivity index (χ1v) is 6.36. The van der Waals surface area contributed by atoms with Crippen LogP contribution in [-0.2, 0) is 16.0 Å². The summed E-state index contributed by atoms with van der Waals surface area (Å²) in [5, 5.41) is 0. The van der Waals surface area contributed by atoms with E-state index in [1.807, 2.05) is 12.1 Å². The first-order chi connectivity index (χ1) is 8.19. The summed E-state index contributed by atoms with van der Waals surface area (Å²) >= 11 is 3.52. The van der Waals surface area contributed by atoms with Crippen molar-refractivity contribution in [3.8, 4) is 5.75 Å². The van der Waals surface area contributed by atoms with E-state index in [-0.39, 0.29) is 5.97 Å². The van der Waals surface area contributed by atoms with Crippen molar-refractivity contribution in [3.63, 3.8) is 0 Å². The smallest absolute Gasteiger partial charge is 0.305 e. The summed E-state index contributed by atoms with van der Waals surface area (Å²) in [4.78, 5) is 10.9. The first kappa shape index (κ1) is 14.0. The van der Waals surface area contributed by atoms with E-state index in [0.717, 1.165) is 29.5 Å². The van der Waals surface area contributed by atoms with Crippen molar-refractivity contribution in [1.82, 2.24) is 0 Å². The molecule has 1 aromatic rings. The maximum absolute atomic E-state index is 10.9. The zero-order valence-electron chi connectivity index (χ0n) is 10.2. The highest BCUT2D eigenvalue weighted by molar-refractivity contribution is 9.10. The molecular formula is C13H17BrO3. The van der Waals surface area contributed by atoms with E-state index in [1.54, 1.807) is 7.11 Å². The van der Waals surface area contributed by atoms with Crippen LogP contribution in [0.5, 0.6) is 5.75 Å². The fraction of sp³-hybridized carbons (Fsp3) is 0.462. The molecule has 0 heterocycles. The minimum Gasteiger partial charge on any atom is -0.496 e. The van der Waals surface area contributed by atoms with Crippen LogP contribution in [0.15, 0.2) is 22.7 Å². The zero-order valence-corrected chi connectivity index (χ0v) is 11.7. The number of aryl methyl sites for hydroxylation is 1. The van der Waals surface area contributed by atoms with Gasteiger partial charge in [-0.3, -0.25) is 4.79 Å². The van der Waals surface area contributed by atoms with Crippen molar-refractivity contribution in [2.24, 2.45) is 0 Å². The Balaban J connectivity index is 2.44. The highest BCUT2D eigenvalue weighted by Crippen LogP contribution is 2.29. The number of carbonyl (C=O) groups is 1. The molecule has 0 saturated heterocycles. The topological polar surface area (TPSA) is 35.5 Å². The van der Waals surface area contributed by atoms with Crippen LogP contribution in [0.4, 0.5) is 0 Å². The van der Waals surface area contributed by atoms with Crippen LogP contribution >= 0.6 is 15.9 Å². The van der Waals surface area contributed by atoms with Gasteiger partial charge in [-0.25, -0.2) is 0 Å². The number of hydrogen-bond acceptors (Lipinski definition) is 3. The van der Waals surface area contributed by atoms with Gasteiger partial charge < -0.3 is 9.47 Å². The van der Waals surface area contributed by atoms with Crippen molar-refractivity contribution in [2.45, 2.75) is 25.7 Å². The van der Waals surface area contributed by atoms with Crippen molar-refractivity contribution in [2.75, 3.05) is 14.2 Å². The molecular weight excluding hydrogens is 284 g/mol. The van der Waals surface area contributed by atoms with Crippen molar-refractivity contribution in [1.29, 1.82) is 0 Å². The van der Waals surface area contributed by atoms with Gasteiger partial charge in [-0.2, -0.15) is 0 Å². The minimum atomic E-state index is -0.144. The number of hydrogen-bond donors (Lipinski definition) is 0. The number of methoxy groups -OCH3 is 2. The lowest BCUT2D eigenvalue weighted by Gasteiger charge is -2.08. The molecule has 0 aliphatic rings. The molecule has 0 amide bonds. The molecule has 17 heavy (non-hydrogen) atoms. The Hall–Kier alpha value is -1.03. The third-order valence-electron chi connectivity index (χ3n) is 2.57. The van der Waals surface area contributed by atoms with Crippen LogP contribution in [0.1, 0.15) is 24.8 Å². The molecule has 0 fully saturated rings. The molecule has 4 heteroatoms. The standard InChI is InChI=1S/C13H17BrO3/c1-16-11-8-5-7-10(13(11)14)6-3-4-9-12(15)17-2/h5,7-8H,3-4,6,9H2,1-2H3. The SMILES string of the molecule is COC(=O)CCCCc1cccc(OC)c1Br. The largest absolute Gasteiger partial charge is 0.496 e. The monoisotopic (exact) mass is 300 g/mol. The second-order valence-electron chi connectivity index (χ2n) is 3.72.